The summed E-state index contributed by atoms with van der Waals surface area (Å²) in [4.78, 5) is 23.4. The molecular formula is C16H19N3O3. The van der Waals surface area contributed by atoms with Gasteiger partial charge in [-0.05, 0) is 26.3 Å². The lowest BCUT2D eigenvalue weighted by Crippen LogP contribution is -2.35. The van der Waals surface area contributed by atoms with E-state index in [-0.39, 0.29) is 11.8 Å². The maximum atomic E-state index is 12.2. The molecule has 0 aliphatic rings. The lowest BCUT2D eigenvalue weighted by molar-refractivity contribution is -0.146. The van der Waals surface area contributed by atoms with Crippen molar-refractivity contribution in [1.82, 2.24) is 9.78 Å². The fraction of sp³-hybridized carbons (Fsp3) is 0.312. The van der Waals surface area contributed by atoms with Crippen molar-refractivity contribution in [3.05, 3.63) is 48.3 Å². The van der Waals surface area contributed by atoms with E-state index in [0.717, 1.165) is 5.56 Å². The molecule has 0 aliphatic carbocycles. The standard InChI is InChI=1S/C16H19N3O3/c1-11(12-7-5-4-6-8-12)14(20)18-13-9-17-19(10-13)16(2,3)15(21)22/h4-11H,1-3H3,(H,18,20)(H,21,22)/t11-/m0/s1. The third kappa shape index (κ3) is 3.16. The highest BCUT2D eigenvalue weighted by molar-refractivity contribution is 5.95. The molecule has 1 aromatic heterocycles. The Labute approximate surface area is 128 Å². The predicted molar refractivity (Wildman–Crippen MR) is 82.7 cm³/mol. The molecule has 0 saturated carbocycles. The van der Waals surface area contributed by atoms with Gasteiger partial charge in [-0.1, -0.05) is 30.3 Å². The van der Waals surface area contributed by atoms with Crippen molar-refractivity contribution >= 4 is 17.6 Å². The number of hydrogen-bond acceptors (Lipinski definition) is 3. The molecule has 6 heteroatoms. The zero-order valence-electron chi connectivity index (χ0n) is 12.8. The van der Waals surface area contributed by atoms with Crippen LogP contribution in [0.1, 0.15) is 32.3 Å². The maximum Gasteiger partial charge on any atom is 0.331 e. The number of carboxylic acid groups (broad SMARTS) is 1. The van der Waals surface area contributed by atoms with Crippen molar-refractivity contribution in [3.8, 4) is 0 Å². The summed E-state index contributed by atoms with van der Waals surface area (Å²) in [6.45, 7) is 4.90. The highest BCUT2D eigenvalue weighted by atomic mass is 16.4. The molecular weight excluding hydrogens is 282 g/mol. The fourth-order valence-electron chi connectivity index (χ4n) is 1.93. The van der Waals surface area contributed by atoms with Crippen molar-refractivity contribution in [2.45, 2.75) is 32.2 Å². The van der Waals surface area contributed by atoms with E-state index in [2.05, 4.69) is 10.4 Å². The second kappa shape index (κ2) is 6.01. The molecule has 1 atom stereocenters. The molecule has 1 amide bonds. The molecule has 0 spiro atoms. The van der Waals surface area contributed by atoms with Gasteiger partial charge in [-0.15, -0.1) is 0 Å². The number of aromatic nitrogens is 2. The minimum absolute atomic E-state index is 0.168. The summed E-state index contributed by atoms with van der Waals surface area (Å²) in [6.07, 6.45) is 2.96. The zero-order chi connectivity index (χ0) is 16.3. The van der Waals surface area contributed by atoms with Crippen LogP contribution in [0.15, 0.2) is 42.7 Å². The van der Waals surface area contributed by atoms with Crippen LogP contribution in [-0.4, -0.2) is 26.8 Å². The topological polar surface area (TPSA) is 84.2 Å². The number of anilines is 1. The molecule has 2 rings (SSSR count). The van der Waals surface area contributed by atoms with E-state index in [1.807, 2.05) is 37.3 Å². The second-order valence-corrected chi connectivity index (χ2v) is 5.66. The highest BCUT2D eigenvalue weighted by Crippen LogP contribution is 2.20. The van der Waals surface area contributed by atoms with Gasteiger partial charge in [-0.3, -0.25) is 9.48 Å². The molecule has 0 unspecified atom stereocenters. The number of carboxylic acids is 1. The summed E-state index contributed by atoms with van der Waals surface area (Å²) in [6, 6.07) is 9.44. The van der Waals surface area contributed by atoms with Gasteiger partial charge in [0.15, 0.2) is 5.54 Å². The van der Waals surface area contributed by atoms with Crippen LogP contribution in [0.3, 0.4) is 0 Å². The summed E-state index contributed by atoms with van der Waals surface area (Å²) in [5.41, 5.74) is 0.217. The zero-order valence-corrected chi connectivity index (χ0v) is 12.8. The number of nitrogens with zero attached hydrogens (tertiary/aromatic N) is 2. The smallest absolute Gasteiger partial charge is 0.331 e. The molecule has 2 aromatic rings. The van der Waals surface area contributed by atoms with E-state index >= 15 is 0 Å². The highest BCUT2D eigenvalue weighted by Gasteiger charge is 2.30. The molecule has 22 heavy (non-hydrogen) atoms. The number of carbonyl (C=O) groups is 2. The van der Waals surface area contributed by atoms with Crippen LogP contribution in [-0.2, 0) is 15.1 Å². The van der Waals surface area contributed by atoms with Crippen molar-refractivity contribution in [1.29, 1.82) is 0 Å². The van der Waals surface area contributed by atoms with Crippen LogP contribution in [0.2, 0.25) is 0 Å². The molecule has 0 fully saturated rings. The average molecular weight is 301 g/mol. The number of aliphatic carboxylic acids is 1. The summed E-state index contributed by atoms with van der Waals surface area (Å²) in [5, 5.41) is 15.9. The maximum absolute atomic E-state index is 12.2. The van der Waals surface area contributed by atoms with Gasteiger partial charge >= 0.3 is 5.97 Å². The number of amides is 1. The molecule has 0 saturated heterocycles. The Kier molecular flexibility index (Phi) is 4.30. The minimum atomic E-state index is -1.17. The number of nitrogens with one attached hydrogen (secondary N) is 1. The lowest BCUT2D eigenvalue weighted by atomic mass is 10.0. The normalized spacial score (nSPS) is 12.7. The minimum Gasteiger partial charge on any atom is -0.479 e. The second-order valence-electron chi connectivity index (χ2n) is 5.66. The van der Waals surface area contributed by atoms with E-state index in [1.165, 1.54) is 17.1 Å². The SMILES string of the molecule is C[C@H](C(=O)Nc1cnn(C(C)(C)C(=O)O)c1)c1ccccc1. The van der Waals surface area contributed by atoms with Gasteiger partial charge in [0, 0.05) is 6.20 Å². The van der Waals surface area contributed by atoms with Crippen molar-refractivity contribution in [3.63, 3.8) is 0 Å². The van der Waals surface area contributed by atoms with E-state index in [4.69, 9.17) is 0 Å². The number of carbonyl (C=O) groups excluding carboxylic acids is 1. The molecule has 1 heterocycles. The van der Waals surface area contributed by atoms with Crippen LogP contribution in [0.25, 0.3) is 0 Å². The third-order valence-corrected chi connectivity index (χ3v) is 3.64. The summed E-state index contributed by atoms with van der Waals surface area (Å²) in [7, 11) is 0. The Hall–Kier alpha value is -2.63. The molecule has 0 aliphatic heterocycles. The van der Waals surface area contributed by atoms with Gasteiger partial charge < -0.3 is 10.4 Å². The first-order valence-electron chi connectivity index (χ1n) is 6.96. The van der Waals surface area contributed by atoms with Crippen molar-refractivity contribution < 1.29 is 14.7 Å². The molecule has 0 bridgehead atoms. The summed E-state index contributed by atoms with van der Waals surface area (Å²) >= 11 is 0. The number of rotatable bonds is 5. The lowest BCUT2D eigenvalue weighted by Gasteiger charge is -2.19. The molecule has 116 valence electrons. The van der Waals surface area contributed by atoms with Gasteiger partial charge in [-0.25, -0.2) is 4.79 Å². The third-order valence-electron chi connectivity index (χ3n) is 3.64. The average Bonchev–Trinajstić information content (AvgIpc) is 2.96. The summed E-state index contributed by atoms with van der Waals surface area (Å²) in [5.74, 6) is -1.47. The monoisotopic (exact) mass is 301 g/mol. The molecule has 1 aromatic carbocycles. The molecule has 0 radical (unpaired) electrons. The predicted octanol–water partition coefficient (Wildman–Crippen LogP) is 2.45. The summed E-state index contributed by atoms with van der Waals surface area (Å²) < 4.78 is 1.32. The van der Waals surface area contributed by atoms with Gasteiger partial charge in [0.2, 0.25) is 5.91 Å². The van der Waals surface area contributed by atoms with Crippen molar-refractivity contribution in [2.75, 3.05) is 5.32 Å². The Bertz CT molecular complexity index is 677. The van der Waals surface area contributed by atoms with Gasteiger partial charge in [-0.2, -0.15) is 5.10 Å². The van der Waals surface area contributed by atoms with E-state index < -0.39 is 11.5 Å². The Morgan fingerprint density at radius 2 is 1.91 bits per heavy atom. The molecule has 6 nitrogen and oxygen atoms in total. The van der Waals surface area contributed by atoms with Crippen LogP contribution in [0.5, 0.6) is 0 Å². The quantitative estimate of drug-likeness (QED) is 0.888. The Morgan fingerprint density at radius 3 is 2.50 bits per heavy atom. The number of hydrogen-bond donors (Lipinski definition) is 2. The first-order valence-corrected chi connectivity index (χ1v) is 6.96. The first kappa shape index (κ1) is 15.8. The van der Waals surface area contributed by atoms with Gasteiger partial charge in [0.05, 0.1) is 17.8 Å². The molecule has 2 N–H and O–H groups in total. The fourth-order valence-corrected chi connectivity index (χ4v) is 1.93. The van der Waals surface area contributed by atoms with Crippen LogP contribution < -0.4 is 5.32 Å². The van der Waals surface area contributed by atoms with E-state index in [0.29, 0.717) is 5.69 Å². The van der Waals surface area contributed by atoms with Crippen LogP contribution in [0, 0.1) is 0 Å². The Morgan fingerprint density at radius 1 is 1.27 bits per heavy atom. The van der Waals surface area contributed by atoms with Gasteiger partial charge in [0.1, 0.15) is 0 Å². The van der Waals surface area contributed by atoms with E-state index in [1.54, 1.807) is 13.8 Å². The number of benzene rings is 1. The largest absolute Gasteiger partial charge is 0.479 e. The first-order chi connectivity index (χ1) is 10.3. The van der Waals surface area contributed by atoms with Crippen LogP contribution >= 0.6 is 0 Å². The Balaban J connectivity index is 2.10. The van der Waals surface area contributed by atoms with Crippen LogP contribution in [0.4, 0.5) is 5.69 Å². The van der Waals surface area contributed by atoms with Crippen molar-refractivity contribution in [2.24, 2.45) is 0 Å². The van der Waals surface area contributed by atoms with Gasteiger partial charge in [0.25, 0.3) is 0 Å². The van der Waals surface area contributed by atoms with E-state index in [9.17, 15) is 14.7 Å².